The van der Waals surface area contributed by atoms with Crippen LogP contribution in [-0.4, -0.2) is 43.1 Å². The Morgan fingerprint density at radius 1 is 1.50 bits per heavy atom. The van der Waals surface area contributed by atoms with E-state index < -0.39 is 0 Å². The first-order chi connectivity index (χ1) is 8.71. The molecule has 1 heterocycles. The summed E-state index contributed by atoms with van der Waals surface area (Å²) in [6.07, 6.45) is 0.587. The van der Waals surface area contributed by atoms with Gasteiger partial charge in [0.1, 0.15) is 5.82 Å². The molecule has 0 aromatic carbocycles. The average molecular weight is 255 g/mol. The summed E-state index contributed by atoms with van der Waals surface area (Å²) < 4.78 is 10.4. The van der Waals surface area contributed by atoms with Gasteiger partial charge < -0.3 is 25.6 Å². The van der Waals surface area contributed by atoms with E-state index in [0.29, 0.717) is 37.0 Å². The molecule has 102 valence electrons. The topological polar surface area (TPSA) is 89.6 Å². The van der Waals surface area contributed by atoms with Crippen molar-refractivity contribution in [3.05, 3.63) is 12.1 Å². The van der Waals surface area contributed by atoms with Crippen LogP contribution in [0.3, 0.4) is 0 Å². The predicted molar refractivity (Wildman–Crippen MR) is 70.8 cm³/mol. The van der Waals surface area contributed by atoms with Gasteiger partial charge in [0.15, 0.2) is 0 Å². The molecule has 4 N–H and O–H groups in total. The van der Waals surface area contributed by atoms with Crippen molar-refractivity contribution in [2.24, 2.45) is 0 Å². The zero-order chi connectivity index (χ0) is 13.4. The van der Waals surface area contributed by atoms with E-state index in [1.165, 1.54) is 0 Å². The highest BCUT2D eigenvalue weighted by atomic mass is 16.5. The number of aromatic nitrogens is 1. The Morgan fingerprint density at radius 2 is 2.28 bits per heavy atom. The molecule has 18 heavy (non-hydrogen) atoms. The number of nitrogens with two attached hydrogens (primary N) is 1. The summed E-state index contributed by atoms with van der Waals surface area (Å²) in [6, 6.07) is 3.52. The number of nitrogens with one attached hydrogen (secondary N) is 1. The molecule has 0 bridgehead atoms. The average Bonchev–Trinajstić information content (AvgIpc) is 2.34. The van der Waals surface area contributed by atoms with Gasteiger partial charge in [-0.1, -0.05) is 0 Å². The lowest BCUT2D eigenvalue weighted by atomic mass is 10.2. The van der Waals surface area contributed by atoms with Gasteiger partial charge in [0.2, 0.25) is 5.88 Å². The number of ether oxygens (including phenoxy) is 2. The van der Waals surface area contributed by atoms with Crippen LogP contribution in [0.4, 0.5) is 11.5 Å². The second kappa shape index (κ2) is 7.73. The van der Waals surface area contributed by atoms with E-state index in [4.69, 9.17) is 20.3 Å². The first-order valence-corrected chi connectivity index (χ1v) is 5.96. The normalized spacial score (nSPS) is 12.2. The van der Waals surface area contributed by atoms with Crippen molar-refractivity contribution in [3.63, 3.8) is 0 Å². The number of hydrogen-bond acceptors (Lipinski definition) is 6. The fourth-order valence-corrected chi connectivity index (χ4v) is 1.55. The number of methoxy groups -OCH3 is 1. The molecule has 1 aromatic heterocycles. The minimum Gasteiger partial charge on any atom is -0.476 e. The number of rotatable bonds is 8. The highest BCUT2D eigenvalue weighted by Gasteiger charge is 2.10. The van der Waals surface area contributed by atoms with E-state index in [9.17, 15) is 0 Å². The summed E-state index contributed by atoms with van der Waals surface area (Å²) in [4.78, 5) is 4.27. The summed E-state index contributed by atoms with van der Waals surface area (Å²) in [5.41, 5.74) is 6.25. The van der Waals surface area contributed by atoms with Crippen LogP contribution in [0.5, 0.6) is 5.88 Å². The lowest BCUT2D eigenvalue weighted by Crippen LogP contribution is -2.26. The minimum atomic E-state index is 0.00519. The van der Waals surface area contributed by atoms with Crippen LogP contribution in [0.1, 0.15) is 13.3 Å². The first-order valence-electron chi connectivity index (χ1n) is 5.96. The van der Waals surface area contributed by atoms with E-state index in [0.717, 1.165) is 0 Å². The molecular weight excluding hydrogens is 234 g/mol. The van der Waals surface area contributed by atoms with Crippen molar-refractivity contribution in [2.45, 2.75) is 19.4 Å². The summed E-state index contributed by atoms with van der Waals surface area (Å²) in [5.74, 6) is 1.07. The molecule has 0 radical (unpaired) electrons. The van der Waals surface area contributed by atoms with Crippen LogP contribution in [0.25, 0.3) is 0 Å². The molecule has 6 nitrogen and oxygen atoms in total. The highest BCUT2D eigenvalue weighted by molar-refractivity contribution is 5.53. The summed E-state index contributed by atoms with van der Waals surface area (Å²) in [5, 5.41) is 12.1. The van der Waals surface area contributed by atoms with E-state index >= 15 is 0 Å². The maximum absolute atomic E-state index is 8.96. The maximum atomic E-state index is 8.96. The number of aliphatic hydroxyl groups excluding tert-OH is 1. The Labute approximate surface area is 107 Å². The number of hydrogen-bond donors (Lipinski definition) is 3. The SMILES string of the molecule is CCOc1nc(NC(CCO)COC)ccc1N. The smallest absolute Gasteiger partial charge is 0.239 e. The zero-order valence-corrected chi connectivity index (χ0v) is 10.8. The van der Waals surface area contributed by atoms with E-state index in [2.05, 4.69) is 10.3 Å². The van der Waals surface area contributed by atoms with Gasteiger partial charge in [-0.05, 0) is 25.5 Å². The standard InChI is InChI=1S/C12H21N3O3/c1-3-18-12-10(13)4-5-11(15-12)14-9(6-7-16)8-17-2/h4-5,9,16H,3,6-8,13H2,1-2H3,(H,14,15). The van der Waals surface area contributed by atoms with Gasteiger partial charge in [0.25, 0.3) is 0 Å². The van der Waals surface area contributed by atoms with Crippen molar-refractivity contribution < 1.29 is 14.6 Å². The van der Waals surface area contributed by atoms with Crippen molar-refractivity contribution in [1.29, 1.82) is 0 Å². The van der Waals surface area contributed by atoms with Crippen molar-refractivity contribution in [2.75, 3.05) is 38.0 Å². The number of pyridine rings is 1. The summed E-state index contributed by atoms with van der Waals surface area (Å²) in [7, 11) is 1.62. The Kier molecular flexibility index (Phi) is 6.24. The van der Waals surface area contributed by atoms with E-state index in [1.54, 1.807) is 19.2 Å². The van der Waals surface area contributed by atoms with Crippen molar-refractivity contribution in [3.8, 4) is 5.88 Å². The minimum absolute atomic E-state index is 0.00519. The molecule has 1 atom stereocenters. The Balaban J connectivity index is 2.72. The third kappa shape index (κ3) is 4.38. The maximum Gasteiger partial charge on any atom is 0.239 e. The third-order valence-corrected chi connectivity index (χ3v) is 2.37. The number of nitrogens with zero attached hydrogens (tertiary/aromatic N) is 1. The summed E-state index contributed by atoms with van der Waals surface area (Å²) in [6.45, 7) is 2.98. The Hall–Kier alpha value is -1.53. The molecule has 0 amide bonds. The van der Waals surface area contributed by atoms with E-state index in [-0.39, 0.29) is 12.6 Å². The molecule has 0 aliphatic carbocycles. The number of nitrogen functional groups attached to an aromatic ring is 1. The van der Waals surface area contributed by atoms with Crippen LogP contribution in [0.15, 0.2) is 12.1 Å². The van der Waals surface area contributed by atoms with Crippen LogP contribution in [0.2, 0.25) is 0 Å². The van der Waals surface area contributed by atoms with Gasteiger partial charge in [0, 0.05) is 13.7 Å². The molecule has 0 fully saturated rings. The molecule has 0 aliphatic heterocycles. The zero-order valence-electron chi connectivity index (χ0n) is 10.8. The molecule has 0 spiro atoms. The van der Waals surface area contributed by atoms with Crippen molar-refractivity contribution in [1.82, 2.24) is 4.98 Å². The third-order valence-electron chi connectivity index (χ3n) is 2.37. The lowest BCUT2D eigenvalue weighted by Gasteiger charge is -2.18. The Bertz CT molecular complexity index is 354. The molecule has 1 aromatic rings. The first kappa shape index (κ1) is 14.5. The van der Waals surface area contributed by atoms with Crippen LogP contribution < -0.4 is 15.8 Å². The Morgan fingerprint density at radius 3 is 2.89 bits per heavy atom. The number of anilines is 2. The van der Waals surface area contributed by atoms with Gasteiger partial charge in [-0.15, -0.1) is 0 Å². The quantitative estimate of drug-likeness (QED) is 0.638. The van der Waals surface area contributed by atoms with Crippen molar-refractivity contribution >= 4 is 11.5 Å². The van der Waals surface area contributed by atoms with Crippen LogP contribution >= 0.6 is 0 Å². The van der Waals surface area contributed by atoms with Crippen LogP contribution in [0, 0.1) is 0 Å². The second-order valence-corrected chi connectivity index (χ2v) is 3.83. The summed E-state index contributed by atoms with van der Waals surface area (Å²) >= 11 is 0. The fraction of sp³-hybridized carbons (Fsp3) is 0.583. The lowest BCUT2D eigenvalue weighted by molar-refractivity contribution is 0.170. The highest BCUT2D eigenvalue weighted by Crippen LogP contribution is 2.21. The largest absolute Gasteiger partial charge is 0.476 e. The van der Waals surface area contributed by atoms with Gasteiger partial charge >= 0.3 is 0 Å². The molecule has 0 saturated carbocycles. The van der Waals surface area contributed by atoms with Gasteiger partial charge in [0.05, 0.1) is 24.9 Å². The number of aliphatic hydroxyl groups is 1. The molecule has 0 aliphatic rings. The molecule has 1 rings (SSSR count). The molecule has 1 unspecified atom stereocenters. The molecular formula is C12H21N3O3. The van der Waals surface area contributed by atoms with Crippen LogP contribution in [-0.2, 0) is 4.74 Å². The van der Waals surface area contributed by atoms with E-state index in [1.807, 2.05) is 6.92 Å². The second-order valence-electron chi connectivity index (χ2n) is 3.83. The molecule has 0 saturated heterocycles. The fourth-order valence-electron chi connectivity index (χ4n) is 1.55. The monoisotopic (exact) mass is 255 g/mol. The van der Waals surface area contributed by atoms with Gasteiger partial charge in [-0.2, -0.15) is 4.98 Å². The predicted octanol–water partition coefficient (Wildman–Crippen LogP) is 0.872. The molecule has 6 heteroatoms. The van der Waals surface area contributed by atoms with Gasteiger partial charge in [-0.25, -0.2) is 0 Å². The van der Waals surface area contributed by atoms with Gasteiger partial charge in [-0.3, -0.25) is 0 Å².